The van der Waals surface area contributed by atoms with Crippen molar-refractivity contribution >= 4 is 0 Å². The minimum atomic E-state index is 0.558. The van der Waals surface area contributed by atoms with Gasteiger partial charge in [-0.3, -0.25) is 0 Å². The van der Waals surface area contributed by atoms with Crippen LogP contribution in [0.3, 0.4) is 0 Å². The van der Waals surface area contributed by atoms with Crippen LogP contribution in [0.1, 0.15) is 27.7 Å². The molecule has 3 heteroatoms. The molecular formula is C12H26N2O. The number of hydrogen-bond donors (Lipinski definition) is 1. The van der Waals surface area contributed by atoms with E-state index in [9.17, 15) is 0 Å². The van der Waals surface area contributed by atoms with Crippen molar-refractivity contribution in [1.82, 2.24) is 10.2 Å². The van der Waals surface area contributed by atoms with Crippen molar-refractivity contribution < 1.29 is 4.74 Å². The molecule has 1 heterocycles. The van der Waals surface area contributed by atoms with Gasteiger partial charge in [-0.15, -0.1) is 0 Å². The van der Waals surface area contributed by atoms with Gasteiger partial charge in [0.25, 0.3) is 0 Å². The Balaban J connectivity index is 2.41. The fourth-order valence-electron chi connectivity index (χ4n) is 2.27. The number of nitrogens with one attached hydrogen (secondary N) is 1. The standard InChI is InChI=1S/C12H26N2O/c1-5-13-12-9-15-8-11(12)7-14(6-2)10(3)4/h10-13H,5-9H2,1-4H3. The summed E-state index contributed by atoms with van der Waals surface area (Å²) >= 11 is 0. The van der Waals surface area contributed by atoms with Crippen molar-refractivity contribution in [3.05, 3.63) is 0 Å². The van der Waals surface area contributed by atoms with Crippen LogP contribution in [0.5, 0.6) is 0 Å². The Morgan fingerprint density at radius 1 is 1.33 bits per heavy atom. The molecular weight excluding hydrogens is 188 g/mol. The quantitative estimate of drug-likeness (QED) is 0.722. The Kier molecular flexibility index (Phi) is 5.58. The summed E-state index contributed by atoms with van der Waals surface area (Å²) in [5.41, 5.74) is 0. The van der Waals surface area contributed by atoms with Gasteiger partial charge in [-0.2, -0.15) is 0 Å². The monoisotopic (exact) mass is 214 g/mol. The molecule has 1 saturated heterocycles. The van der Waals surface area contributed by atoms with E-state index in [1.54, 1.807) is 0 Å². The van der Waals surface area contributed by atoms with E-state index >= 15 is 0 Å². The lowest BCUT2D eigenvalue weighted by atomic mass is 10.0. The second-order valence-electron chi connectivity index (χ2n) is 4.64. The summed E-state index contributed by atoms with van der Waals surface area (Å²) in [6.45, 7) is 14.1. The summed E-state index contributed by atoms with van der Waals surface area (Å²) in [7, 11) is 0. The topological polar surface area (TPSA) is 24.5 Å². The summed E-state index contributed by atoms with van der Waals surface area (Å²) in [6, 6.07) is 1.20. The molecule has 1 N–H and O–H groups in total. The second kappa shape index (κ2) is 6.46. The summed E-state index contributed by atoms with van der Waals surface area (Å²) in [4.78, 5) is 2.52. The zero-order chi connectivity index (χ0) is 11.3. The van der Waals surface area contributed by atoms with Gasteiger partial charge in [0.05, 0.1) is 13.2 Å². The molecule has 0 spiro atoms. The molecule has 3 nitrogen and oxygen atoms in total. The highest BCUT2D eigenvalue weighted by Gasteiger charge is 2.29. The van der Waals surface area contributed by atoms with Crippen LogP contribution in [-0.2, 0) is 4.74 Å². The van der Waals surface area contributed by atoms with Crippen molar-refractivity contribution in [3.8, 4) is 0 Å². The SMILES string of the molecule is CCNC1COCC1CN(CC)C(C)C. The highest BCUT2D eigenvalue weighted by Crippen LogP contribution is 2.16. The molecule has 0 radical (unpaired) electrons. The molecule has 0 bridgehead atoms. The highest BCUT2D eigenvalue weighted by molar-refractivity contribution is 4.83. The normalized spacial score (nSPS) is 26.8. The lowest BCUT2D eigenvalue weighted by molar-refractivity contribution is 0.156. The molecule has 0 aliphatic carbocycles. The Labute approximate surface area is 94.2 Å². The molecule has 1 rings (SSSR count). The Morgan fingerprint density at radius 2 is 2.07 bits per heavy atom. The van der Waals surface area contributed by atoms with E-state index in [0.29, 0.717) is 18.0 Å². The number of nitrogens with zero attached hydrogens (tertiary/aromatic N) is 1. The van der Waals surface area contributed by atoms with Crippen LogP contribution >= 0.6 is 0 Å². The van der Waals surface area contributed by atoms with Crippen LogP contribution in [0.4, 0.5) is 0 Å². The maximum Gasteiger partial charge on any atom is 0.0623 e. The third kappa shape index (κ3) is 3.74. The first-order valence-electron chi connectivity index (χ1n) is 6.24. The fraction of sp³-hybridized carbons (Fsp3) is 1.00. The minimum Gasteiger partial charge on any atom is -0.379 e. The molecule has 0 amide bonds. The van der Waals surface area contributed by atoms with Crippen LogP contribution < -0.4 is 5.32 Å². The first-order valence-corrected chi connectivity index (χ1v) is 6.24. The van der Waals surface area contributed by atoms with Gasteiger partial charge in [0.1, 0.15) is 0 Å². The minimum absolute atomic E-state index is 0.558. The molecule has 1 aliphatic rings. The van der Waals surface area contributed by atoms with E-state index in [1.165, 1.54) is 0 Å². The summed E-state index contributed by atoms with van der Waals surface area (Å²) < 4.78 is 5.56. The van der Waals surface area contributed by atoms with Crippen molar-refractivity contribution in [2.24, 2.45) is 5.92 Å². The zero-order valence-corrected chi connectivity index (χ0v) is 10.6. The van der Waals surface area contributed by atoms with Crippen LogP contribution in [0.25, 0.3) is 0 Å². The van der Waals surface area contributed by atoms with E-state index in [2.05, 4.69) is 37.9 Å². The van der Waals surface area contributed by atoms with Gasteiger partial charge < -0.3 is 15.0 Å². The largest absolute Gasteiger partial charge is 0.379 e. The molecule has 0 aromatic rings. The Hall–Kier alpha value is -0.120. The molecule has 2 unspecified atom stereocenters. The molecule has 0 aromatic heterocycles. The predicted octanol–water partition coefficient (Wildman–Crippen LogP) is 1.34. The van der Waals surface area contributed by atoms with Gasteiger partial charge in [0.2, 0.25) is 0 Å². The van der Waals surface area contributed by atoms with Crippen LogP contribution in [0.15, 0.2) is 0 Å². The third-order valence-corrected chi connectivity index (χ3v) is 3.27. The van der Waals surface area contributed by atoms with Crippen LogP contribution in [0.2, 0.25) is 0 Å². The van der Waals surface area contributed by atoms with Crippen molar-refractivity contribution in [3.63, 3.8) is 0 Å². The van der Waals surface area contributed by atoms with E-state index in [-0.39, 0.29) is 0 Å². The average Bonchev–Trinajstić information content (AvgIpc) is 2.62. The van der Waals surface area contributed by atoms with E-state index in [4.69, 9.17) is 4.74 Å². The molecule has 2 atom stereocenters. The highest BCUT2D eigenvalue weighted by atomic mass is 16.5. The molecule has 1 fully saturated rings. The maximum atomic E-state index is 5.56. The van der Waals surface area contributed by atoms with Gasteiger partial charge in [-0.25, -0.2) is 0 Å². The number of rotatable bonds is 6. The van der Waals surface area contributed by atoms with Crippen molar-refractivity contribution in [2.45, 2.75) is 39.8 Å². The molecule has 1 aliphatic heterocycles. The smallest absolute Gasteiger partial charge is 0.0623 e. The fourth-order valence-corrected chi connectivity index (χ4v) is 2.27. The van der Waals surface area contributed by atoms with Crippen molar-refractivity contribution in [1.29, 1.82) is 0 Å². The summed E-state index contributed by atoms with van der Waals surface area (Å²) in [5.74, 6) is 0.660. The lowest BCUT2D eigenvalue weighted by Gasteiger charge is -2.29. The van der Waals surface area contributed by atoms with E-state index in [0.717, 1.165) is 32.8 Å². The number of hydrogen-bond acceptors (Lipinski definition) is 3. The van der Waals surface area contributed by atoms with Gasteiger partial charge in [-0.05, 0) is 26.9 Å². The summed E-state index contributed by atoms with van der Waals surface area (Å²) in [5, 5.41) is 3.51. The third-order valence-electron chi connectivity index (χ3n) is 3.27. The van der Waals surface area contributed by atoms with Gasteiger partial charge >= 0.3 is 0 Å². The second-order valence-corrected chi connectivity index (χ2v) is 4.64. The first kappa shape index (κ1) is 12.9. The average molecular weight is 214 g/mol. The van der Waals surface area contributed by atoms with E-state index < -0.39 is 0 Å². The number of likely N-dealkylation sites (N-methyl/N-ethyl adjacent to an activating group) is 1. The molecule has 0 aromatic carbocycles. The van der Waals surface area contributed by atoms with E-state index in [1.807, 2.05) is 0 Å². The van der Waals surface area contributed by atoms with Gasteiger partial charge in [0, 0.05) is 24.5 Å². The Bertz CT molecular complexity index is 173. The maximum absolute atomic E-state index is 5.56. The summed E-state index contributed by atoms with van der Waals surface area (Å²) in [6.07, 6.45) is 0. The van der Waals surface area contributed by atoms with Crippen LogP contribution in [0, 0.1) is 5.92 Å². The van der Waals surface area contributed by atoms with Gasteiger partial charge in [0.15, 0.2) is 0 Å². The first-order chi connectivity index (χ1) is 7.19. The van der Waals surface area contributed by atoms with Crippen LogP contribution in [-0.4, -0.2) is 49.8 Å². The van der Waals surface area contributed by atoms with Crippen molar-refractivity contribution in [2.75, 3.05) is 32.8 Å². The predicted molar refractivity (Wildman–Crippen MR) is 64.2 cm³/mol. The van der Waals surface area contributed by atoms with Gasteiger partial charge in [-0.1, -0.05) is 13.8 Å². The number of ether oxygens (including phenoxy) is 1. The Morgan fingerprint density at radius 3 is 2.60 bits per heavy atom. The lowest BCUT2D eigenvalue weighted by Crippen LogP contribution is -2.43. The molecule has 90 valence electrons. The zero-order valence-electron chi connectivity index (χ0n) is 10.6. The molecule has 0 saturated carbocycles. The molecule has 15 heavy (non-hydrogen) atoms.